The van der Waals surface area contributed by atoms with Gasteiger partial charge in [-0.1, -0.05) is 18.9 Å². The normalized spacial score (nSPS) is 17.5. The average molecular weight is 517 g/mol. The van der Waals surface area contributed by atoms with E-state index in [2.05, 4.69) is 33.8 Å². The highest BCUT2D eigenvalue weighted by Crippen LogP contribution is 2.43. The molecule has 0 saturated heterocycles. The molecule has 164 valence electrons. The summed E-state index contributed by atoms with van der Waals surface area (Å²) in [6.07, 6.45) is 7.04. The van der Waals surface area contributed by atoms with Crippen molar-refractivity contribution in [2.24, 2.45) is 4.99 Å². The van der Waals surface area contributed by atoms with E-state index in [9.17, 15) is 0 Å². The van der Waals surface area contributed by atoms with Crippen LogP contribution >= 0.6 is 24.0 Å². The molecule has 0 bridgehead atoms. The first-order valence-corrected chi connectivity index (χ1v) is 10.7. The summed E-state index contributed by atoms with van der Waals surface area (Å²) in [5.41, 5.74) is 1.47. The summed E-state index contributed by atoms with van der Waals surface area (Å²) in [7, 11) is 1.83. The molecule has 1 saturated carbocycles. The van der Waals surface area contributed by atoms with Crippen LogP contribution in [0, 0.1) is 0 Å². The van der Waals surface area contributed by atoms with E-state index in [4.69, 9.17) is 14.2 Å². The van der Waals surface area contributed by atoms with Gasteiger partial charge in [-0.25, -0.2) is 0 Å². The predicted octanol–water partition coefficient (Wildman–Crippen LogP) is 3.87. The van der Waals surface area contributed by atoms with Crippen molar-refractivity contribution in [3.63, 3.8) is 0 Å². The predicted molar refractivity (Wildman–Crippen MR) is 128 cm³/mol. The van der Waals surface area contributed by atoms with Crippen molar-refractivity contribution in [1.82, 2.24) is 10.6 Å². The summed E-state index contributed by atoms with van der Waals surface area (Å²) >= 11 is 0. The smallest absolute Gasteiger partial charge is 0.191 e. The zero-order valence-corrected chi connectivity index (χ0v) is 20.1. The maximum Gasteiger partial charge on any atom is 0.191 e. The first-order chi connectivity index (χ1) is 13.8. The molecular weight excluding hydrogens is 481 g/mol. The topological polar surface area (TPSA) is 64.1 Å². The third-order valence-corrected chi connectivity index (χ3v) is 5.75. The second kappa shape index (κ2) is 12.5. The number of nitrogens with one attached hydrogen (secondary N) is 2. The number of aliphatic imine (C=N–C) groups is 1. The van der Waals surface area contributed by atoms with Gasteiger partial charge in [-0.05, 0) is 50.3 Å². The molecule has 0 atom stereocenters. The number of fused-ring (bicyclic) bond motifs is 1. The van der Waals surface area contributed by atoms with Crippen LogP contribution in [0.2, 0.25) is 0 Å². The van der Waals surface area contributed by atoms with Gasteiger partial charge in [0.15, 0.2) is 17.5 Å². The van der Waals surface area contributed by atoms with Gasteiger partial charge < -0.3 is 24.8 Å². The molecule has 1 heterocycles. The van der Waals surface area contributed by atoms with Crippen LogP contribution < -0.4 is 20.1 Å². The SMILES string of the molecule is CCOCCCCNC(=NC)NCC1(c2ccc3c(c2)OCCO3)CCCC1.I. The van der Waals surface area contributed by atoms with Crippen LogP contribution in [0.1, 0.15) is 51.0 Å². The quantitative estimate of drug-likeness (QED) is 0.226. The summed E-state index contributed by atoms with van der Waals surface area (Å²) in [6.45, 7) is 6.70. The van der Waals surface area contributed by atoms with Gasteiger partial charge >= 0.3 is 0 Å². The number of rotatable bonds is 9. The van der Waals surface area contributed by atoms with Crippen molar-refractivity contribution in [1.29, 1.82) is 0 Å². The summed E-state index contributed by atoms with van der Waals surface area (Å²) in [6, 6.07) is 6.46. The van der Waals surface area contributed by atoms with E-state index in [0.29, 0.717) is 13.2 Å². The molecule has 3 rings (SSSR count). The highest BCUT2D eigenvalue weighted by Gasteiger charge is 2.36. The minimum absolute atomic E-state index is 0. The number of hydrogen-bond acceptors (Lipinski definition) is 4. The Morgan fingerprint density at radius 1 is 1.10 bits per heavy atom. The minimum Gasteiger partial charge on any atom is -0.486 e. The largest absolute Gasteiger partial charge is 0.486 e. The fourth-order valence-corrected chi connectivity index (χ4v) is 4.15. The molecule has 0 radical (unpaired) electrons. The van der Waals surface area contributed by atoms with Crippen molar-refractivity contribution in [3.05, 3.63) is 23.8 Å². The number of unbranched alkanes of at least 4 members (excludes halogenated alkanes) is 1. The molecule has 0 aromatic heterocycles. The number of guanidine groups is 1. The minimum atomic E-state index is 0. The van der Waals surface area contributed by atoms with Crippen molar-refractivity contribution < 1.29 is 14.2 Å². The Morgan fingerprint density at radius 2 is 1.86 bits per heavy atom. The Hall–Kier alpha value is -1.22. The van der Waals surface area contributed by atoms with Crippen molar-refractivity contribution in [3.8, 4) is 11.5 Å². The van der Waals surface area contributed by atoms with Crippen molar-refractivity contribution in [2.75, 3.05) is 46.6 Å². The van der Waals surface area contributed by atoms with Crippen LogP contribution in [0.5, 0.6) is 11.5 Å². The van der Waals surface area contributed by atoms with Crippen molar-refractivity contribution >= 4 is 29.9 Å². The van der Waals surface area contributed by atoms with Gasteiger partial charge in [0.05, 0.1) is 0 Å². The maximum atomic E-state index is 5.82. The monoisotopic (exact) mass is 517 g/mol. The summed E-state index contributed by atoms with van der Waals surface area (Å²) in [5, 5.41) is 7.00. The van der Waals surface area contributed by atoms with E-state index >= 15 is 0 Å². The van der Waals surface area contributed by atoms with Crippen LogP contribution in [-0.4, -0.2) is 52.5 Å². The van der Waals surface area contributed by atoms with Crippen LogP contribution in [0.15, 0.2) is 23.2 Å². The molecule has 0 unspecified atom stereocenters. The van der Waals surface area contributed by atoms with E-state index in [1.165, 1.54) is 31.2 Å². The molecule has 0 spiro atoms. The number of nitrogens with zero attached hydrogens (tertiary/aromatic N) is 1. The highest BCUT2D eigenvalue weighted by atomic mass is 127. The maximum absolute atomic E-state index is 5.82. The average Bonchev–Trinajstić information content (AvgIpc) is 3.22. The first-order valence-electron chi connectivity index (χ1n) is 10.7. The molecule has 2 N–H and O–H groups in total. The zero-order chi connectivity index (χ0) is 19.7. The molecular formula is C22H36IN3O3. The third kappa shape index (κ3) is 6.64. The molecule has 1 aromatic carbocycles. The van der Waals surface area contributed by atoms with Gasteiger partial charge in [0.25, 0.3) is 0 Å². The van der Waals surface area contributed by atoms with E-state index in [1.54, 1.807) is 0 Å². The van der Waals surface area contributed by atoms with E-state index < -0.39 is 0 Å². The standard InChI is InChI=1S/C22H35N3O3.HI/c1-3-26-13-7-6-12-24-21(23-2)25-17-22(10-4-5-11-22)18-8-9-19-20(16-18)28-15-14-27-19;/h8-9,16H,3-7,10-15,17H2,1-2H3,(H2,23,24,25);1H. The number of hydrogen-bond donors (Lipinski definition) is 2. The molecule has 2 aliphatic rings. The molecule has 0 amide bonds. The molecule has 29 heavy (non-hydrogen) atoms. The van der Waals surface area contributed by atoms with Gasteiger partial charge in [0.1, 0.15) is 13.2 Å². The molecule has 1 aliphatic carbocycles. The Labute approximate surface area is 192 Å². The second-order valence-electron chi connectivity index (χ2n) is 7.60. The van der Waals surface area contributed by atoms with Gasteiger partial charge in [-0.3, -0.25) is 4.99 Å². The lowest BCUT2D eigenvalue weighted by Crippen LogP contribution is -2.45. The fraction of sp³-hybridized carbons (Fsp3) is 0.682. The molecule has 7 heteroatoms. The van der Waals surface area contributed by atoms with Crippen LogP contribution in [-0.2, 0) is 10.2 Å². The lowest BCUT2D eigenvalue weighted by molar-refractivity contribution is 0.143. The number of benzene rings is 1. The molecule has 1 fully saturated rings. The van der Waals surface area contributed by atoms with Gasteiger partial charge in [-0.2, -0.15) is 0 Å². The van der Waals surface area contributed by atoms with Gasteiger partial charge in [0, 0.05) is 38.8 Å². The lowest BCUT2D eigenvalue weighted by Gasteiger charge is -2.32. The van der Waals surface area contributed by atoms with Crippen LogP contribution in [0.4, 0.5) is 0 Å². The Bertz CT molecular complexity index is 648. The van der Waals surface area contributed by atoms with E-state index in [0.717, 1.165) is 56.6 Å². The lowest BCUT2D eigenvalue weighted by atomic mass is 9.78. The summed E-state index contributed by atoms with van der Waals surface area (Å²) in [4.78, 5) is 4.40. The van der Waals surface area contributed by atoms with Crippen LogP contribution in [0.25, 0.3) is 0 Å². The van der Waals surface area contributed by atoms with Gasteiger partial charge in [0.2, 0.25) is 0 Å². The Kier molecular flexibility index (Phi) is 10.3. The van der Waals surface area contributed by atoms with E-state index in [1.807, 2.05) is 14.0 Å². The van der Waals surface area contributed by atoms with Crippen molar-refractivity contribution in [2.45, 2.75) is 50.9 Å². The number of ether oxygens (including phenoxy) is 3. The fourth-order valence-electron chi connectivity index (χ4n) is 4.15. The first kappa shape index (κ1) is 24.1. The second-order valence-corrected chi connectivity index (χ2v) is 7.60. The molecule has 1 aromatic rings. The molecule has 6 nitrogen and oxygen atoms in total. The number of halogens is 1. The third-order valence-electron chi connectivity index (χ3n) is 5.75. The van der Waals surface area contributed by atoms with Gasteiger partial charge in [-0.15, -0.1) is 24.0 Å². The van der Waals surface area contributed by atoms with Crippen LogP contribution in [0.3, 0.4) is 0 Å². The Morgan fingerprint density at radius 3 is 2.59 bits per heavy atom. The summed E-state index contributed by atoms with van der Waals surface area (Å²) in [5.74, 6) is 2.62. The zero-order valence-electron chi connectivity index (χ0n) is 17.8. The highest BCUT2D eigenvalue weighted by molar-refractivity contribution is 14.0. The Balaban J connectivity index is 0.00000300. The molecule has 1 aliphatic heterocycles. The van der Waals surface area contributed by atoms with E-state index in [-0.39, 0.29) is 29.4 Å². The summed E-state index contributed by atoms with van der Waals surface area (Å²) < 4.78 is 16.9.